The molecule has 4 rings (SSSR count). The summed E-state index contributed by atoms with van der Waals surface area (Å²) in [5.74, 6) is 0.422. The summed E-state index contributed by atoms with van der Waals surface area (Å²) in [6.07, 6.45) is 4.79. The number of aromatic hydroxyl groups is 1. The van der Waals surface area contributed by atoms with Crippen molar-refractivity contribution in [1.29, 1.82) is 0 Å². The Bertz CT molecular complexity index is 742. The first-order chi connectivity index (χ1) is 9.34. The Balaban J connectivity index is 1.96. The highest BCUT2D eigenvalue weighted by Gasteiger charge is 2.31. The number of aryl methyl sites for hydroxylation is 2. The van der Waals surface area contributed by atoms with Crippen molar-refractivity contribution in [3.63, 3.8) is 0 Å². The monoisotopic (exact) mass is 288 g/mol. The van der Waals surface area contributed by atoms with Gasteiger partial charge < -0.3 is 5.11 Å². The maximum atomic E-state index is 10.6. The van der Waals surface area contributed by atoms with E-state index < -0.39 is 0 Å². The fourth-order valence-electron chi connectivity index (χ4n) is 2.76. The van der Waals surface area contributed by atoms with Crippen molar-refractivity contribution in [3.05, 3.63) is 40.9 Å². The Morgan fingerprint density at radius 1 is 1.00 bits per heavy atom. The molecule has 3 aromatic rings. The molecule has 1 aliphatic carbocycles. The molecule has 2 nitrogen and oxygen atoms in total. The predicted molar refractivity (Wildman–Crippen MR) is 79.1 cm³/mol. The Morgan fingerprint density at radius 3 is 2.63 bits per heavy atom. The second kappa shape index (κ2) is 4.32. The van der Waals surface area contributed by atoms with Gasteiger partial charge in [0.1, 0.15) is 0 Å². The van der Waals surface area contributed by atoms with Crippen LogP contribution in [0.5, 0.6) is 5.88 Å². The zero-order chi connectivity index (χ0) is 12.8. The van der Waals surface area contributed by atoms with Crippen molar-refractivity contribution >= 4 is 26.8 Å². The van der Waals surface area contributed by atoms with E-state index in [4.69, 9.17) is 0 Å². The first kappa shape index (κ1) is 11.4. The first-order valence-electron chi connectivity index (χ1n) is 6.58. The minimum Gasteiger partial charge on any atom is -0.458 e. The highest BCUT2D eigenvalue weighted by molar-refractivity contribution is 7.37. The number of fused-ring (bicyclic) bond motifs is 3. The van der Waals surface area contributed by atoms with E-state index in [2.05, 4.69) is 16.5 Å². The molecule has 2 heterocycles. The number of rotatable bonds is 1. The lowest BCUT2D eigenvalue weighted by Crippen LogP contribution is -2.24. The molecule has 19 heavy (non-hydrogen) atoms. The Labute approximate surface area is 119 Å². The number of nitrogens with zero attached hydrogens (tertiary/aromatic N) is 1. The second-order valence-electron chi connectivity index (χ2n) is 4.90. The quantitative estimate of drug-likeness (QED) is 0.677. The average molecular weight is 288 g/mol. The summed E-state index contributed by atoms with van der Waals surface area (Å²) in [5.41, 5.74) is 2.44. The summed E-state index contributed by atoms with van der Waals surface area (Å²) in [6.45, 7) is 0. The van der Waals surface area contributed by atoms with Crippen molar-refractivity contribution in [2.24, 2.45) is 0 Å². The molecule has 0 bridgehead atoms. The molecule has 96 valence electrons. The number of thiazole rings is 2. The van der Waals surface area contributed by atoms with Crippen molar-refractivity contribution in [2.75, 3.05) is 0 Å². The van der Waals surface area contributed by atoms with Crippen LogP contribution in [-0.4, -0.2) is 5.11 Å². The number of aromatic nitrogens is 1. The van der Waals surface area contributed by atoms with Gasteiger partial charge in [0.25, 0.3) is 0 Å². The maximum Gasteiger partial charge on any atom is 0.391 e. The zero-order valence-electron chi connectivity index (χ0n) is 10.4. The van der Waals surface area contributed by atoms with Gasteiger partial charge in [-0.25, -0.2) is 0 Å². The van der Waals surface area contributed by atoms with Crippen molar-refractivity contribution in [3.8, 4) is 16.3 Å². The standard InChI is InChI=1S/C15H13NOS2/c17-14-13(10-6-2-1-3-7-10)19-15-16(14)11-8-4-5-9-12(11)18-15/h1-3,6-7H,4-5,8-9H2/p+1. The fraction of sp³-hybridized carbons (Fsp3) is 0.267. The Kier molecular flexibility index (Phi) is 2.60. The molecule has 1 aliphatic rings. The highest BCUT2D eigenvalue weighted by Crippen LogP contribution is 2.39. The largest absolute Gasteiger partial charge is 0.458 e. The molecule has 2 aromatic heterocycles. The minimum absolute atomic E-state index is 0.422. The third kappa shape index (κ3) is 1.70. The number of hydrogen-bond donors (Lipinski definition) is 1. The summed E-state index contributed by atoms with van der Waals surface area (Å²) in [7, 11) is 0. The van der Waals surface area contributed by atoms with E-state index in [0.29, 0.717) is 5.88 Å². The van der Waals surface area contributed by atoms with Crippen LogP contribution in [0.4, 0.5) is 0 Å². The van der Waals surface area contributed by atoms with Gasteiger partial charge in [-0.15, -0.1) is 4.40 Å². The van der Waals surface area contributed by atoms with E-state index >= 15 is 0 Å². The van der Waals surface area contributed by atoms with Crippen molar-refractivity contribution < 1.29 is 9.51 Å². The molecule has 1 N–H and O–H groups in total. The van der Waals surface area contributed by atoms with Gasteiger partial charge in [0, 0.05) is 12.0 Å². The molecule has 1 aromatic carbocycles. The second-order valence-corrected chi connectivity index (χ2v) is 7.24. The lowest BCUT2D eigenvalue weighted by molar-refractivity contribution is -0.523. The third-order valence-electron chi connectivity index (χ3n) is 3.69. The fourth-order valence-corrected chi connectivity index (χ4v) is 5.44. The van der Waals surface area contributed by atoms with Crippen LogP contribution >= 0.6 is 22.7 Å². The Morgan fingerprint density at radius 2 is 1.79 bits per heavy atom. The van der Waals surface area contributed by atoms with Crippen LogP contribution < -0.4 is 4.40 Å². The van der Waals surface area contributed by atoms with E-state index in [1.165, 1.54) is 34.0 Å². The summed E-state index contributed by atoms with van der Waals surface area (Å²) in [5, 5.41) is 10.6. The number of benzene rings is 1. The molecule has 0 saturated carbocycles. The van der Waals surface area contributed by atoms with Crippen molar-refractivity contribution in [1.82, 2.24) is 0 Å². The molecule has 0 fully saturated rings. The van der Waals surface area contributed by atoms with Gasteiger partial charge in [-0.05, 0) is 30.6 Å². The lowest BCUT2D eigenvalue weighted by Gasteiger charge is -2.04. The number of hydrogen-bond acceptors (Lipinski definition) is 3. The lowest BCUT2D eigenvalue weighted by atomic mass is 10.0. The summed E-state index contributed by atoms with van der Waals surface area (Å²) in [4.78, 5) is 2.45. The van der Waals surface area contributed by atoms with E-state index in [-0.39, 0.29) is 0 Å². The van der Waals surface area contributed by atoms with Crippen LogP contribution in [0.15, 0.2) is 30.3 Å². The van der Waals surface area contributed by atoms with Crippen molar-refractivity contribution in [2.45, 2.75) is 25.7 Å². The molecule has 0 amide bonds. The molecule has 0 spiro atoms. The van der Waals surface area contributed by atoms with Gasteiger partial charge in [0.05, 0.1) is 4.88 Å². The molecule has 0 aliphatic heterocycles. The molecular weight excluding hydrogens is 274 g/mol. The van der Waals surface area contributed by atoms with E-state index in [0.717, 1.165) is 16.9 Å². The van der Waals surface area contributed by atoms with Crippen LogP contribution in [0.1, 0.15) is 23.4 Å². The zero-order valence-corrected chi connectivity index (χ0v) is 12.1. The van der Waals surface area contributed by atoms with E-state index in [9.17, 15) is 5.11 Å². The molecule has 4 heteroatoms. The van der Waals surface area contributed by atoms with Crippen LogP contribution in [0, 0.1) is 0 Å². The van der Waals surface area contributed by atoms with Gasteiger partial charge in [-0.1, -0.05) is 41.7 Å². The maximum absolute atomic E-state index is 10.6. The van der Waals surface area contributed by atoms with Crippen LogP contribution in [0.2, 0.25) is 0 Å². The normalized spacial score (nSPS) is 14.7. The van der Waals surface area contributed by atoms with Crippen LogP contribution in [0.25, 0.3) is 14.6 Å². The summed E-state index contributed by atoms with van der Waals surface area (Å²) >= 11 is 3.55. The Hall–Kier alpha value is -1.39. The van der Waals surface area contributed by atoms with Gasteiger partial charge in [-0.3, -0.25) is 0 Å². The van der Waals surface area contributed by atoms with E-state index in [1.54, 1.807) is 11.3 Å². The molecule has 0 unspecified atom stereocenters. The topological polar surface area (TPSA) is 24.3 Å². The van der Waals surface area contributed by atoms with Gasteiger partial charge in [0.2, 0.25) is 5.69 Å². The van der Waals surface area contributed by atoms with E-state index in [1.807, 2.05) is 29.5 Å². The third-order valence-corrected chi connectivity index (χ3v) is 6.22. The molecule has 0 saturated heterocycles. The molecule has 0 radical (unpaired) electrons. The van der Waals surface area contributed by atoms with Gasteiger partial charge >= 0.3 is 10.0 Å². The predicted octanol–water partition coefficient (Wildman–Crippen LogP) is 3.80. The highest BCUT2D eigenvalue weighted by atomic mass is 32.2. The SMILES string of the molecule is Oc1c(-c2ccccc2)sc2sc3c([n+]12)CCCC3. The van der Waals surface area contributed by atoms with Gasteiger partial charge in [0.15, 0.2) is 4.88 Å². The summed E-state index contributed by atoms with van der Waals surface area (Å²) < 4.78 is 3.29. The average Bonchev–Trinajstić information content (AvgIpc) is 2.97. The molecular formula is C15H14NOS2+. The molecule has 0 atom stereocenters. The summed E-state index contributed by atoms with van der Waals surface area (Å²) in [6, 6.07) is 10.2. The van der Waals surface area contributed by atoms with Gasteiger partial charge in [-0.2, -0.15) is 0 Å². The smallest absolute Gasteiger partial charge is 0.391 e. The van der Waals surface area contributed by atoms with Crippen LogP contribution in [0.3, 0.4) is 0 Å². The van der Waals surface area contributed by atoms with Crippen LogP contribution in [-0.2, 0) is 12.8 Å². The minimum atomic E-state index is 0.422. The first-order valence-corrected chi connectivity index (χ1v) is 8.21.